The first kappa shape index (κ1) is 18.4. The normalized spacial score (nSPS) is 13.1. The Morgan fingerprint density at radius 3 is 2.70 bits per heavy atom. The minimum Gasteiger partial charge on any atom is -0.484 e. The van der Waals surface area contributed by atoms with Gasteiger partial charge in [-0.15, -0.1) is 0 Å². The van der Waals surface area contributed by atoms with Crippen molar-refractivity contribution in [2.75, 3.05) is 11.9 Å². The Hall–Kier alpha value is -3.60. The van der Waals surface area contributed by atoms with Gasteiger partial charge in [0.2, 0.25) is 0 Å². The molecular formula is C25H23N3O2. The summed E-state index contributed by atoms with van der Waals surface area (Å²) in [7, 11) is 0. The van der Waals surface area contributed by atoms with Gasteiger partial charge in [0.25, 0.3) is 5.91 Å². The van der Waals surface area contributed by atoms with Crippen molar-refractivity contribution >= 4 is 22.4 Å². The molecule has 0 spiro atoms. The molecule has 1 amide bonds. The van der Waals surface area contributed by atoms with Gasteiger partial charge < -0.3 is 14.6 Å². The molecular weight excluding hydrogens is 374 g/mol. The van der Waals surface area contributed by atoms with Crippen molar-refractivity contribution in [3.63, 3.8) is 0 Å². The topological polar surface area (TPSA) is 56.1 Å². The van der Waals surface area contributed by atoms with Crippen LogP contribution in [0, 0.1) is 0 Å². The van der Waals surface area contributed by atoms with Crippen LogP contribution in [-0.4, -0.2) is 22.1 Å². The minimum atomic E-state index is -0.186. The molecule has 0 saturated carbocycles. The molecule has 1 aliphatic heterocycles. The number of anilines is 1. The summed E-state index contributed by atoms with van der Waals surface area (Å²) >= 11 is 0. The van der Waals surface area contributed by atoms with Crippen molar-refractivity contribution in [1.82, 2.24) is 9.55 Å². The highest BCUT2D eigenvalue weighted by atomic mass is 16.5. The lowest BCUT2D eigenvalue weighted by Crippen LogP contribution is -2.20. The molecule has 0 aliphatic carbocycles. The van der Waals surface area contributed by atoms with Crippen LogP contribution in [-0.2, 0) is 17.8 Å². The monoisotopic (exact) mass is 397 g/mol. The largest absolute Gasteiger partial charge is 0.484 e. The third-order valence-corrected chi connectivity index (χ3v) is 5.52. The smallest absolute Gasteiger partial charge is 0.262 e. The molecule has 3 aromatic carbocycles. The van der Waals surface area contributed by atoms with E-state index >= 15 is 0 Å². The van der Waals surface area contributed by atoms with Crippen LogP contribution in [0.3, 0.4) is 0 Å². The Kier molecular flexibility index (Phi) is 4.93. The molecule has 150 valence electrons. The van der Waals surface area contributed by atoms with Crippen LogP contribution in [0.1, 0.15) is 18.5 Å². The Balaban J connectivity index is 1.21. The molecule has 4 aromatic rings. The lowest BCUT2D eigenvalue weighted by molar-refractivity contribution is -0.118. The number of rotatable bonds is 5. The molecule has 1 N–H and O–H groups in total. The highest BCUT2D eigenvalue weighted by Gasteiger charge is 2.15. The molecule has 0 saturated heterocycles. The summed E-state index contributed by atoms with van der Waals surface area (Å²) in [5.41, 5.74) is 3.12. The van der Waals surface area contributed by atoms with Crippen molar-refractivity contribution in [2.45, 2.75) is 25.8 Å². The highest BCUT2D eigenvalue weighted by molar-refractivity contribution is 5.92. The summed E-state index contributed by atoms with van der Waals surface area (Å²) in [5, 5.41) is 5.13. The van der Waals surface area contributed by atoms with Crippen LogP contribution in [0.25, 0.3) is 22.2 Å². The summed E-state index contributed by atoms with van der Waals surface area (Å²) in [6.45, 7) is 0.989. The van der Waals surface area contributed by atoms with E-state index in [4.69, 9.17) is 4.74 Å². The number of nitrogens with zero attached hydrogens (tertiary/aromatic N) is 2. The van der Waals surface area contributed by atoms with Crippen molar-refractivity contribution in [1.29, 1.82) is 0 Å². The van der Waals surface area contributed by atoms with E-state index < -0.39 is 0 Å². The van der Waals surface area contributed by atoms with Crippen molar-refractivity contribution in [2.24, 2.45) is 0 Å². The number of carbonyl (C=O) groups excluding carboxylic acids is 1. The van der Waals surface area contributed by atoms with Crippen LogP contribution in [0.15, 0.2) is 72.9 Å². The van der Waals surface area contributed by atoms with E-state index in [0.717, 1.165) is 40.8 Å². The predicted octanol–water partition coefficient (Wildman–Crippen LogP) is 5.06. The number of carbonyl (C=O) groups is 1. The number of nitrogens with one attached hydrogen (secondary N) is 1. The quantitative estimate of drug-likeness (QED) is 0.512. The van der Waals surface area contributed by atoms with E-state index in [1.54, 1.807) is 0 Å². The maximum atomic E-state index is 12.3. The van der Waals surface area contributed by atoms with Crippen LogP contribution in [0.4, 0.5) is 5.69 Å². The SMILES string of the molecule is O=C(COc1ccc2ccccc2c1)Nc1ccc(-c2ncc3n2CCCC3)cc1. The summed E-state index contributed by atoms with van der Waals surface area (Å²) < 4.78 is 7.97. The fourth-order valence-corrected chi connectivity index (χ4v) is 3.97. The molecule has 1 aromatic heterocycles. The molecule has 30 heavy (non-hydrogen) atoms. The van der Waals surface area contributed by atoms with Gasteiger partial charge in [-0.05, 0) is 66.4 Å². The Labute approximate surface area is 175 Å². The van der Waals surface area contributed by atoms with Gasteiger partial charge in [-0.1, -0.05) is 30.3 Å². The maximum Gasteiger partial charge on any atom is 0.262 e. The number of ether oxygens (including phenoxy) is 1. The fraction of sp³-hybridized carbons (Fsp3) is 0.200. The van der Waals surface area contributed by atoms with Gasteiger partial charge >= 0.3 is 0 Å². The molecule has 0 unspecified atom stereocenters. The van der Waals surface area contributed by atoms with Gasteiger partial charge in [0.1, 0.15) is 11.6 Å². The van der Waals surface area contributed by atoms with Crippen LogP contribution in [0.2, 0.25) is 0 Å². The molecule has 0 atom stereocenters. The number of hydrogen-bond donors (Lipinski definition) is 1. The van der Waals surface area contributed by atoms with Gasteiger partial charge in [0, 0.05) is 29.7 Å². The molecule has 1 aliphatic rings. The average Bonchev–Trinajstić information content (AvgIpc) is 3.22. The van der Waals surface area contributed by atoms with Gasteiger partial charge in [0.15, 0.2) is 6.61 Å². The third-order valence-electron chi connectivity index (χ3n) is 5.52. The number of benzene rings is 3. The summed E-state index contributed by atoms with van der Waals surface area (Å²) in [6, 6.07) is 21.7. The van der Waals surface area contributed by atoms with E-state index in [1.807, 2.05) is 66.9 Å². The van der Waals surface area contributed by atoms with Crippen LogP contribution < -0.4 is 10.1 Å². The van der Waals surface area contributed by atoms with E-state index in [1.165, 1.54) is 18.5 Å². The summed E-state index contributed by atoms with van der Waals surface area (Å²) in [6.07, 6.45) is 5.51. The average molecular weight is 397 g/mol. The second kappa shape index (κ2) is 8.03. The molecule has 2 heterocycles. The van der Waals surface area contributed by atoms with Crippen LogP contribution in [0.5, 0.6) is 5.75 Å². The zero-order valence-electron chi connectivity index (χ0n) is 16.7. The lowest BCUT2D eigenvalue weighted by atomic mass is 10.1. The number of imidazole rings is 1. The summed E-state index contributed by atoms with van der Waals surface area (Å²) in [5.74, 6) is 1.50. The molecule has 5 rings (SSSR count). The Bertz CT molecular complexity index is 1190. The van der Waals surface area contributed by atoms with E-state index in [2.05, 4.69) is 20.9 Å². The first-order valence-electron chi connectivity index (χ1n) is 10.3. The number of aromatic nitrogens is 2. The second-order valence-electron chi connectivity index (χ2n) is 7.61. The van der Waals surface area contributed by atoms with Gasteiger partial charge in [0.05, 0.1) is 0 Å². The molecule has 5 nitrogen and oxygen atoms in total. The Morgan fingerprint density at radius 1 is 1.00 bits per heavy atom. The van der Waals surface area contributed by atoms with Gasteiger partial charge in [-0.3, -0.25) is 4.79 Å². The fourth-order valence-electron chi connectivity index (χ4n) is 3.97. The number of amides is 1. The lowest BCUT2D eigenvalue weighted by Gasteiger charge is -2.16. The predicted molar refractivity (Wildman–Crippen MR) is 119 cm³/mol. The standard InChI is InChI=1S/C25H23N3O2/c29-24(17-30-23-13-10-18-5-1-2-6-20(18)15-23)27-21-11-8-19(9-12-21)25-26-16-22-7-3-4-14-28(22)25/h1-2,5-6,8-13,15-16H,3-4,7,14,17H2,(H,27,29). The molecule has 0 fully saturated rings. The van der Waals surface area contributed by atoms with E-state index in [9.17, 15) is 4.79 Å². The third kappa shape index (κ3) is 3.79. The second-order valence-corrected chi connectivity index (χ2v) is 7.61. The summed E-state index contributed by atoms with van der Waals surface area (Å²) in [4.78, 5) is 16.9. The molecule has 0 radical (unpaired) electrons. The van der Waals surface area contributed by atoms with Crippen LogP contribution >= 0.6 is 0 Å². The van der Waals surface area contributed by atoms with Crippen molar-refractivity contribution in [3.8, 4) is 17.1 Å². The van der Waals surface area contributed by atoms with Crippen molar-refractivity contribution in [3.05, 3.63) is 78.6 Å². The first-order valence-corrected chi connectivity index (χ1v) is 10.3. The number of fused-ring (bicyclic) bond motifs is 2. The highest BCUT2D eigenvalue weighted by Crippen LogP contribution is 2.26. The van der Waals surface area contributed by atoms with Gasteiger partial charge in [-0.25, -0.2) is 4.98 Å². The molecule has 5 heteroatoms. The Morgan fingerprint density at radius 2 is 1.83 bits per heavy atom. The zero-order valence-corrected chi connectivity index (χ0v) is 16.7. The van der Waals surface area contributed by atoms with E-state index in [-0.39, 0.29) is 12.5 Å². The molecule has 0 bridgehead atoms. The maximum absolute atomic E-state index is 12.3. The zero-order chi connectivity index (χ0) is 20.3. The minimum absolute atomic E-state index is 0.0339. The number of aryl methyl sites for hydroxylation is 1. The van der Waals surface area contributed by atoms with Crippen molar-refractivity contribution < 1.29 is 9.53 Å². The van der Waals surface area contributed by atoms with E-state index in [0.29, 0.717) is 5.75 Å². The van der Waals surface area contributed by atoms with Gasteiger partial charge in [-0.2, -0.15) is 0 Å². The first-order chi connectivity index (χ1) is 14.8. The number of hydrogen-bond acceptors (Lipinski definition) is 3.